The van der Waals surface area contributed by atoms with Crippen LogP contribution in [0.2, 0.25) is 5.02 Å². The Morgan fingerprint density at radius 2 is 2.14 bits per heavy atom. The average Bonchev–Trinajstić information content (AvgIpc) is 2.46. The van der Waals surface area contributed by atoms with Crippen molar-refractivity contribution < 1.29 is 4.92 Å². The third-order valence-electron chi connectivity index (χ3n) is 2.98. The minimum Gasteiger partial charge on any atom is -0.373 e. The molecule has 0 fully saturated rings. The zero-order valence-corrected chi connectivity index (χ0v) is 12.5. The summed E-state index contributed by atoms with van der Waals surface area (Å²) in [4.78, 5) is 16.7. The second-order valence-corrected chi connectivity index (χ2v) is 4.97. The number of anilines is 2. The van der Waals surface area contributed by atoms with E-state index in [0.717, 1.165) is 5.56 Å². The molecule has 0 saturated carbocycles. The first kappa shape index (κ1) is 15.1. The number of nitrogens with one attached hydrogen (secondary N) is 1. The van der Waals surface area contributed by atoms with Gasteiger partial charge < -0.3 is 10.2 Å². The van der Waals surface area contributed by atoms with Crippen LogP contribution >= 0.6 is 11.6 Å². The Morgan fingerprint density at radius 1 is 1.38 bits per heavy atom. The van der Waals surface area contributed by atoms with Crippen LogP contribution < -0.4 is 10.2 Å². The Morgan fingerprint density at radius 3 is 2.76 bits per heavy atom. The van der Waals surface area contributed by atoms with Crippen molar-refractivity contribution in [3.05, 3.63) is 57.1 Å². The fourth-order valence-corrected chi connectivity index (χ4v) is 2.20. The van der Waals surface area contributed by atoms with Crippen molar-refractivity contribution >= 4 is 28.9 Å². The first-order chi connectivity index (χ1) is 10.0. The fourth-order valence-electron chi connectivity index (χ4n) is 1.99. The van der Waals surface area contributed by atoms with Crippen molar-refractivity contribution in [3.63, 3.8) is 0 Å². The van der Waals surface area contributed by atoms with E-state index < -0.39 is 4.92 Å². The van der Waals surface area contributed by atoms with Gasteiger partial charge in [-0.15, -0.1) is 0 Å². The number of hydrogen-bond donors (Lipinski definition) is 1. The largest absolute Gasteiger partial charge is 0.373 e. The van der Waals surface area contributed by atoms with Gasteiger partial charge in [0.2, 0.25) is 5.82 Å². The lowest BCUT2D eigenvalue weighted by Crippen LogP contribution is -2.19. The quantitative estimate of drug-likeness (QED) is 0.677. The van der Waals surface area contributed by atoms with E-state index in [-0.39, 0.29) is 5.69 Å². The Hall–Kier alpha value is -2.34. The zero-order chi connectivity index (χ0) is 15.4. The van der Waals surface area contributed by atoms with Crippen molar-refractivity contribution in [3.8, 4) is 0 Å². The third-order valence-corrected chi connectivity index (χ3v) is 3.21. The first-order valence-electron chi connectivity index (χ1n) is 6.30. The molecule has 1 aromatic carbocycles. The molecule has 1 N–H and O–H groups in total. The number of nitro groups is 1. The van der Waals surface area contributed by atoms with Gasteiger partial charge in [0, 0.05) is 31.7 Å². The maximum atomic E-state index is 11.1. The van der Waals surface area contributed by atoms with Gasteiger partial charge >= 0.3 is 5.69 Å². The van der Waals surface area contributed by atoms with E-state index in [1.165, 1.54) is 6.07 Å². The molecule has 0 aliphatic carbocycles. The zero-order valence-electron chi connectivity index (χ0n) is 11.7. The van der Waals surface area contributed by atoms with Crippen molar-refractivity contribution in [1.82, 2.24) is 4.98 Å². The molecule has 0 aliphatic heterocycles. The van der Waals surface area contributed by atoms with Gasteiger partial charge in [-0.1, -0.05) is 23.7 Å². The van der Waals surface area contributed by atoms with E-state index in [2.05, 4.69) is 10.3 Å². The van der Waals surface area contributed by atoms with Crippen molar-refractivity contribution in [2.45, 2.75) is 6.54 Å². The molecular formula is C14H15ClN4O2. The molecule has 0 spiro atoms. The third kappa shape index (κ3) is 3.61. The first-order valence-corrected chi connectivity index (χ1v) is 6.68. The van der Waals surface area contributed by atoms with Crippen LogP contribution in [0, 0.1) is 10.1 Å². The fraction of sp³-hybridized carbons (Fsp3) is 0.214. The monoisotopic (exact) mass is 306 g/mol. The highest BCUT2D eigenvalue weighted by atomic mass is 35.5. The van der Waals surface area contributed by atoms with Crippen molar-refractivity contribution in [2.75, 3.05) is 24.3 Å². The summed E-state index contributed by atoms with van der Waals surface area (Å²) in [6.45, 7) is 0.474. The van der Waals surface area contributed by atoms with Gasteiger partial charge in [0.15, 0.2) is 0 Å². The predicted molar refractivity (Wildman–Crippen MR) is 84.0 cm³/mol. The lowest BCUT2D eigenvalue weighted by atomic mass is 10.2. The molecule has 0 radical (unpaired) electrons. The molecule has 1 heterocycles. The van der Waals surface area contributed by atoms with E-state index in [0.29, 0.717) is 23.2 Å². The lowest BCUT2D eigenvalue weighted by molar-refractivity contribution is -0.384. The van der Waals surface area contributed by atoms with E-state index in [1.807, 2.05) is 18.2 Å². The summed E-state index contributed by atoms with van der Waals surface area (Å²) in [5, 5.41) is 14.6. The van der Waals surface area contributed by atoms with Crippen LogP contribution in [-0.4, -0.2) is 24.0 Å². The predicted octanol–water partition coefficient (Wildman–Crippen LogP) is 3.32. The summed E-state index contributed by atoms with van der Waals surface area (Å²) in [7, 11) is 3.48. The molecule has 0 aliphatic rings. The average molecular weight is 307 g/mol. The number of hydrogen-bond acceptors (Lipinski definition) is 5. The van der Waals surface area contributed by atoms with Crippen LogP contribution in [0.4, 0.5) is 17.3 Å². The summed E-state index contributed by atoms with van der Waals surface area (Å²) < 4.78 is 0. The molecular weight excluding hydrogens is 292 g/mol. The Bertz CT molecular complexity index is 663. The summed E-state index contributed by atoms with van der Waals surface area (Å²) in [6, 6.07) is 10.4. The maximum Gasteiger partial charge on any atom is 0.311 e. The molecule has 1 aromatic heterocycles. The molecule has 0 unspecified atom stereocenters. The minimum atomic E-state index is -0.434. The van der Waals surface area contributed by atoms with Gasteiger partial charge in [-0.05, 0) is 23.8 Å². The highest BCUT2D eigenvalue weighted by Crippen LogP contribution is 2.28. The summed E-state index contributed by atoms with van der Waals surface area (Å²) in [5.74, 6) is 0.889. The standard InChI is InChI=1S/C14H15ClN4O2/c1-16-13-7-6-12(19(20)21)14(17-13)18(2)9-10-4-3-5-11(15)8-10/h3-8H,9H2,1-2H3,(H,16,17). The van der Waals surface area contributed by atoms with Crippen molar-refractivity contribution in [1.29, 1.82) is 0 Å². The number of halogens is 1. The molecule has 0 bridgehead atoms. The summed E-state index contributed by atoms with van der Waals surface area (Å²) >= 11 is 5.95. The van der Waals surface area contributed by atoms with Gasteiger partial charge in [-0.25, -0.2) is 4.98 Å². The second kappa shape index (κ2) is 6.41. The molecule has 0 saturated heterocycles. The number of nitrogens with zero attached hydrogens (tertiary/aromatic N) is 3. The van der Waals surface area contributed by atoms with Gasteiger partial charge in [-0.3, -0.25) is 10.1 Å². The summed E-state index contributed by atoms with van der Waals surface area (Å²) in [6.07, 6.45) is 0. The Labute approximate surface area is 127 Å². The van der Waals surface area contributed by atoms with Gasteiger partial charge in [0.25, 0.3) is 0 Å². The molecule has 21 heavy (non-hydrogen) atoms. The Balaban J connectivity index is 2.33. The highest BCUT2D eigenvalue weighted by Gasteiger charge is 2.19. The molecule has 7 heteroatoms. The van der Waals surface area contributed by atoms with Crippen LogP contribution in [0.25, 0.3) is 0 Å². The van der Waals surface area contributed by atoms with Crippen LogP contribution in [0.1, 0.15) is 5.56 Å². The number of benzene rings is 1. The lowest BCUT2D eigenvalue weighted by Gasteiger charge is -2.19. The van der Waals surface area contributed by atoms with Crippen LogP contribution in [-0.2, 0) is 6.54 Å². The molecule has 110 valence electrons. The van der Waals surface area contributed by atoms with E-state index in [1.54, 1.807) is 31.1 Å². The second-order valence-electron chi connectivity index (χ2n) is 4.53. The topological polar surface area (TPSA) is 71.3 Å². The van der Waals surface area contributed by atoms with Gasteiger partial charge in [0.1, 0.15) is 5.82 Å². The van der Waals surface area contributed by atoms with Crippen LogP contribution in [0.15, 0.2) is 36.4 Å². The van der Waals surface area contributed by atoms with E-state index in [4.69, 9.17) is 11.6 Å². The van der Waals surface area contributed by atoms with Crippen LogP contribution in [0.5, 0.6) is 0 Å². The maximum absolute atomic E-state index is 11.1. The van der Waals surface area contributed by atoms with Gasteiger partial charge in [0.05, 0.1) is 4.92 Å². The van der Waals surface area contributed by atoms with E-state index >= 15 is 0 Å². The molecule has 2 rings (SSSR count). The smallest absolute Gasteiger partial charge is 0.311 e. The van der Waals surface area contributed by atoms with E-state index in [9.17, 15) is 10.1 Å². The molecule has 6 nitrogen and oxygen atoms in total. The highest BCUT2D eigenvalue weighted by molar-refractivity contribution is 6.30. The summed E-state index contributed by atoms with van der Waals surface area (Å²) in [5.41, 5.74) is 0.925. The minimum absolute atomic E-state index is 0.0291. The molecule has 0 atom stereocenters. The number of rotatable bonds is 5. The van der Waals surface area contributed by atoms with Crippen LogP contribution in [0.3, 0.4) is 0 Å². The van der Waals surface area contributed by atoms with Gasteiger partial charge in [-0.2, -0.15) is 0 Å². The molecule has 2 aromatic rings. The normalized spacial score (nSPS) is 10.2. The van der Waals surface area contributed by atoms with Crippen molar-refractivity contribution in [2.24, 2.45) is 0 Å². The number of aromatic nitrogens is 1. The SMILES string of the molecule is CNc1ccc([N+](=O)[O-])c(N(C)Cc2cccc(Cl)c2)n1. The number of pyridine rings is 1. The molecule has 0 amide bonds. The Kier molecular flexibility index (Phi) is 4.59.